The molecule has 1 aliphatic carbocycles. The average Bonchev–Trinajstić information content (AvgIpc) is 2.31. The van der Waals surface area contributed by atoms with Crippen LogP contribution in [-0.2, 0) is 0 Å². The van der Waals surface area contributed by atoms with Crippen molar-refractivity contribution >= 4 is 11.8 Å². The number of nitrogens with zero attached hydrogens (tertiary/aromatic N) is 3. The lowest BCUT2D eigenvalue weighted by Gasteiger charge is -2.47. The maximum atomic E-state index is 13.7. The van der Waals surface area contributed by atoms with Gasteiger partial charge in [0, 0.05) is 18.6 Å². The quantitative estimate of drug-likeness (QED) is 0.825. The zero-order valence-electron chi connectivity index (χ0n) is 11.8. The summed E-state index contributed by atoms with van der Waals surface area (Å²) in [6.45, 7) is 3.38. The van der Waals surface area contributed by atoms with Crippen LogP contribution < -0.4 is 10.6 Å². The molecule has 0 unspecified atom stereocenters. The summed E-state index contributed by atoms with van der Waals surface area (Å²) in [6, 6.07) is 0. The summed E-state index contributed by atoms with van der Waals surface area (Å²) < 4.78 is 13.7. The molecule has 1 heterocycles. The van der Waals surface area contributed by atoms with E-state index in [1.807, 2.05) is 6.92 Å². The van der Waals surface area contributed by atoms with Crippen LogP contribution in [0.3, 0.4) is 0 Å². The van der Waals surface area contributed by atoms with E-state index in [0.717, 1.165) is 12.8 Å². The molecular formula is C13H22FN5. The van der Waals surface area contributed by atoms with Crippen LogP contribution in [0, 0.1) is 5.82 Å². The van der Waals surface area contributed by atoms with Gasteiger partial charge in [-0.1, -0.05) is 0 Å². The van der Waals surface area contributed by atoms with Gasteiger partial charge in [-0.15, -0.1) is 0 Å². The highest BCUT2D eigenvalue weighted by atomic mass is 19.1. The maximum absolute atomic E-state index is 13.7. The monoisotopic (exact) mass is 267 g/mol. The summed E-state index contributed by atoms with van der Waals surface area (Å²) in [5, 5.41) is 6.11. The predicted octanol–water partition coefficient (Wildman–Crippen LogP) is 1.94. The smallest absolute Gasteiger partial charge is 0.224 e. The Morgan fingerprint density at radius 2 is 2.11 bits per heavy atom. The first-order valence-corrected chi connectivity index (χ1v) is 6.75. The molecule has 0 radical (unpaired) electrons. The fourth-order valence-electron chi connectivity index (χ4n) is 2.35. The molecule has 0 atom stereocenters. The zero-order valence-corrected chi connectivity index (χ0v) is 11.8. The number of aromatic nitrogens is 2. The zero-order chi connectivity index (χ0) is 13.9. The van der Waals surface area contributed by atoms with Gasteiger partial charge in [-0.25, -0.2) is 9.37 Å². The first-order chi connectivity index (χ1) is 9.07. The van der Waals surface area contributed by atoms with E-state index in [1.54, 1.807) is 0 Å². The van der Waals surface area contributed by atoms with Crippen LogP contribution in [-0.4, -0.2) is 47.6 Å². The Labute approximate surface area is 113 Å². The van der Waals surface area contributed by atoms with Crippen LogP contribution in [0.15, 0.2) is 6.20 Å². The van der Waals surface area contributed by atoms with Crippen molar-refractivity contribution in [3.63, 3.8) is 0 Å². The molecule has 0 aliphatic heterocycles. The lowest BCUT2D eigenvalue weighted by atomic mass is 9.75. The SMILES string of the molecule is CCNc1ncc(F)c(NCC2(N(C)C)CCC2)n1. The third kappa shape index (κ3) is 2.94. The van der Waals surface area contributed by atoms with E-state index in [-0.39, 0.29) is 11.4 Å². The summed E-state index contributed by atoms with van der Waals surface area (Å²) in [6.07, 6.45) is 4.71. The van der Waals surface area contributed by atoms with Crippen LogP contribution in [0.5, 0.6) is 0 Å². The molecular weight excluding hydrogens is 245 g/mol. The van der Waals surface area contributed by atoms with E-state index in [4.69, 9.17) is 0 Å². The van der Waals surface area contributed by atoms with Crippen molar-refractivity contribution in [3.8, 4) is 0 Å². The number of nitrogens with one attached hydrogen (secondary N) is 2. The molecule has 0 amide bonds. The largest absolute Gasteiger partial charge is 0.366 e. The topological polar surface area (TPSA) is 53.1 Å². The van der Waals surface area contributed by atoms with E-state index in [9.17, 15) is 4.39 Å². The van der Waals surface area contributed by atoms with Crippen molar-refractivity contribution < 1.29 is 4.39 Å². The highest BCUT2D eigenvalue weighted by Gasteiger charge is 2.38. The fourth-order valence-corrected chi connectivity index (χ4v) is 2.35. The third-order valence-corrected chi connectivity index (χ3v) is 3.90. The summed E-state index contributed by atoms with van der Waals surface area (Å²) in [5.41, 5.74) is 0.135. The molecule has 2 rings (SSSR count). The van der Waals surface area contributed by atoms with Gasteiger partial charge in [-0.2, -0.15) is 4.98 Å². The molecule has 0 spiro atoms. The molecule has 1 aliphatic rings. The molecule has 106 valence electrons. The van der Waals surface area contributed by atoms with Gasteiger partial charge in [-0.05, 0) is 40.3 Å². The highest BCUT2D eigenvalue weighted by molar-refractivity contribution is 5.41. The van der Waals surface area contributed by atoms with Crippen molar-refractivity contribution in [2.45, 2.75) is 31.7 Å². The Bertz CT molecular complexity index is 431. The second-order valence-corrected chi connectivity index (χ2v) is 5.25. The van der Waals surface area contributed by atoms with Gasteiger partial charge in [0.2, 0.25) is 5.95 Å². The first kappa shape index (κ1) is 14.0. The Hall–Kier alpha value is -1.43. The number of anilines is 2. The molecule has 1 aromatic rings. The normalized spacial score (nSPS) is 17.1. The van der Waals surface area contributed by atoms with Crippen molar-refractivity contribution in [3.05, 3.63) is 12.0 Å². The minimum absolute atomic E-state index is 0.135. The number of hydrogen-bond donors (Lipinski definition) is 2. The van der Waals surface area contributed by atoms with Crippen LogP contribution in [0.2, 0.25) is 0 Å². The average molecular weight is 267 g/mol. The van der Waals surface area contributed by atoms with E-state index >= 15 is 0 Å². The third-order valence-electron chi connectivity index (χ3n) is 3.90. The summed E-state index contributed by atoms with van der Waals surface area (Å²) in [5.74, 6) is 0.327. The van der Waals surface area contributed by atoms with Crippen molar-refractivity contribution in [1.82, 2.24) is 14.9 Å². The number of likely N-dealkylation sites (N-methyl/N-ethyl adjacent to an activating group) is 1. The van der Waals surface area contributed by atoms with E-state index < -0.39 is 5.82 Å². The van der Waals surface area contributed by atoms with Crippen LogP contribution >= 0.6 is 0 Å². The van der Waals surface area contributed by atoms with Gasteiger partial charge in [0.25, 0.3) is 0 Å². The van der Waals surface area contributed by atoms with Gasteiger partial charge in [0.1, 0.15) is 0 Å². The highest BCUT2D eigenvalue weighted by Crippen LogP contribution is 2.36. The standard InChI is InChI=1S/C13H22FN5/c1-4-15-12-16-8-10(14)11(18-12)17-9-13(19(2)3)6-5-7-13/h8H,4-7,9H2,1-3H3,(H2,15,16,17,18). The second kappa shape index (κ2) is 5.69. The molecule has 1 saturated carbocycles. The number of halogens is 1. The second-order valence-electron chi connectivity index (χ2n) is 5.25. The Balaban J connectivity index is 2.04. The number of rotatable bonds is 6. The molecule has 2 N–H and O–H groups in total. The van der Waals surface area contributed by atoms with Gasteiger partial charge in [0.15, 0.2) is 11.6 Å². The van der Waals surface area contributed by atoms with Gasteiger partial charge >= 0.3 is 0 Å². The van der Waals surface area contributed by atoms with Gasteiger partial charge in [-0.3, -0.25) is 0 Å². The van der Waals surface area contributed by atoms with Crippen LogP contribution in [0.4, 0.5) is 16.2 Å². The van der Waals surface area contributed by atoms with Crippen molar-refractivity contribution in [2.75, 3.05) is 37.8 Å². The Morgan fingerprint density at radius 1 is 1.37 bits per heavy atom. The summed E-state index contributed by atoms with van der Waals surface area (Å²) in [4.78, 5) is 10.3. The lowest BCUT2D eigenvalue weighted by molar-refractivity contribution is 0.0737. The molecule has 0 saturated heterocycles. The minimum Gasteiger partial charge on any atom is -0.366 e. The molecule has 0 aromatic carbocycles. The van der Waals surface area contributed by atoms with Crippen LogP contribution in [0.1, 0.15) is 26.2 Å². The predicted molar refractivity (Wildman–Crippen MR) is 74.9 cm³/mol. The van der Waals surface area contributed by atoms with E-state index in [2.05, 4.69) is 39.6 Å². The molecule has 6 heteroatoms. The van der Waals surface area contributed by atoms with Gasteiger partial charge < -0.3 is 15.5 Å². The summed E-state index contributed by atoms with van der Waals surface area (Å²) >= 11 is 0. The Morgan fingerprint density at radius 3 is 2.63 bits per heavy atom. The molecule has 19 heavy (non-hydrogen) atoms. The van der Waals surface area contributed by atoms with Crippen LogP contribution in [0.25, 0.3) is 0 Å². The van der Waals surface area contributed by atoms with Crippen molar-refractivity contribution in [1.29, 1.82) is 0 Å². The first-order valence-electron chi connectivity index (χ1n) is 6.75. The van der Waals surface area contributed by atoms with Gasteiger partial charge in [0.05, 0.1) is 6.20 Å². The van der Waals surface area contributed by atoms with E-state index in [0.29, 0.717) is 19.0 Å². The number of hydrogen-bond acceptors (Lipinski definition) is 5. The Kier molecular flexibility index (Phi) is 4.19. The fraction of sp³-hybridized carbons (Fsp3) is 0.692. The minimum atomic E-state index is -0.408. The molecule has 0 bridgehead atoms. The molecule has 5 nitrogen and oxygen atoms in total. The lowest BCUT2D eigenvalue weighted by Crippen LogP contribution is -2.54. The van der Waals surface area contributed by atoms with E-state index in [1.165, 1.54) is 12.6 Å². The molecule has 1 aromatic heterocycles. The maximum Gasteiger partial charge on any atom is 0.224 e. The van der Waals surface area contributed by atoms with Crippen molar-refractivity contribution in [2.24, 2.45) is 0 Å². The summed E-state index contributed by atoms with van der Waals surface area (Å²) in [7, 11) is 4.14. The molecule has 1 fully saturated rings.